The summed E-state index contributed by atoms with van der Waals surface area (Å²) in [6.45, 7) is 3.25. The molecule has 23 heavy (non-hydrogen) atoms. The SMILES string of the molecule is Cc1ccccc1C1CC(NC[C@@H](c2ccccc2)N(C)C)C1. The molecule has 1 aliphatic rings. The summed E-state index contributed by atoms with van der Waals surface area (Å²) in [6.07, 6.45) is 2.53. The molecule has 3 rings (SSSR count). The number of hydrogen-bond donors (Lipinski definition) is 1. The monoisotopic (exact) mass is 308 g/mol. The van der Waals surface area contributed by atoms with E-state index in [-0.39, 0.29) is 0 Å². The van der Waals surface area contributed by atoms with E-state index in [9.17, 15) is 0 Å². The highest BCUT2D eigenvalue weighted by molar-refractivity contribution is 5.31. The van der Waals surface area contributed by atoms with E-state index in [0.29, 0.717) is 12.1 Å². The maximum atomic E-state index is 3.78. The van der Waals surface area contributed by atoms with Gasteiger partial charge >= 0.3 is 0 Å². The summed E-state index contributed by atoms with van der Waals surface area (Å²) in [7, 11) is 4.33. The lowest BCUT2D eigenvalue weighted by molar-refractivity contribution is 0.237. The fourth-order valence-electron chi connectivity index (χ4n) is 3.64. The minimum absolute atomic E-state index is 0.439. The Morgan fingerprint density at radius 2 is 1.65 bits per heavy atom. The molecule has 1 fully saturated rings. The quantitative estimate of drug-likeness (QED) is 0.863. The van der Waals surface area contributed by atoms with Gasteiger partial charge in [-0.25, -0.2) is 0 Å². The summed E-state index contributed by atoms with van der Waals surface area (Å²) in [5, 5.41) is 3.78. The number of nitrogens with one attached hydrogen (secondary N) is 1. The molecule has 2 aromatic carbocycles. The summed E-state index contributed by atoms with van der Waals surface area (Å²) in [6, 6.07) is 20.7. The molecule has 0 unspecified atom stereocenters. The highest BCUT2D eigenvalue weighted by Gasteiger charge is 2.31. The average Bonchev–Trinajstić information content (AvgIpc) is 2.51. The molecule has 0 radical (unpaired) electrons. The van der Waals surface area contributed by atoms with Crippen molar-refractivity contribution in [1.29, 1.82) is 0 Å². The highest BCUT2D eigenvalue weighted by Crippen LogP contribution is 2.38. The highest BCUT2D eigenvalue weighted by atomic mass is 15.1. The van der Waals surface area contributed by atoms with Crippen LogP contribution in [0.4, 0.5) is 0 Å². The van der Waals surface area contributed by atoms with Crippen LogP contribution in [0.15, 0.2) is 54.6 Å². The molecule has 0 aromatic heterocycles. The second-order valence-corrected chi connectivity index (χ2v) is 7.02. The third-order valence-electron chi connectivity index (χ3n) is 5.17. The summed E-state index contributed by atoms with van der Waals surface area (Å²) < 4.78 is 0. The molecular weight excluding hydrogens is 280 g/mol. The Labute approximate surface area is 140 Å². The number of nitrogens with zero attached hydrogens (tertiary/aromatic N) is 1. The van der Waals surface area contributed by atoms with Crippen molar-refractivity contribution in [3.8, 4) is 0 Å². The fraction of sp³-hybridized carbons (Fsp3) is 0.429. The molecule has 122 valence electrons. The van der Waals surface area contributed by atoms with Crippen LogP contribution in [0, 0.1) is 6.92 Å². The number of likely N-dealkylation sites (N-methyl/N-ethyl adjacent to an activating group) is 1. The van der Waals surface area contributed by atoms with Crippen molar-refractivity contribution in [3.05, 3.63) is 71.3 Å². The van der Waals surface area contributed by atoms with E-state index in [0.717, 1.165) is 12.5 Å². The molecule has 0 amide bonds. The molecule has 2 heteroatoms. The number of benzene rings is 2. The van der Waals surface area contributed by atoms with Gasteiger partial charge in [-0.3, -0.25) is 0 Å². The molecule has 0 spiro atoms. The first-order chi connectivity index (χ1) is 11.1. The maximum Gasteiger partial charge on any atom is 0.0466 e. The summed E-state index contributed by atoms with van der Waals surface area (Å²) in [5.74, 6) is 0.739. The van der Waals surface area contributed by atoms with Gasteiger partial charge in [0.1, 0.15) is 0 Å². The second-order valence-electron chi connectivity index (χ2n) is 7.02. The van der Waals surface area contributed by atoms with Crippen LogP contribution in [-0.4, -0.2) is 31.6 Å². The minimum atomic E-state index is 0.439. The van der Waals surface area contributed by atoms with Gasteiger partial charge in [0.15, 0.2) is 0 Å². The van der Waals surface area contributed by atoms with Crippen LogP contribution in [0.5, 0.6) is 0 Å². The summed E-state index contributed by atoms with van der Waals surface area (Å²) >= 11 is 0. The van der Waals surface area contributed by atoms with Crippen LogP contribution in [0.25, 0.3) is 0 Å². The van der Waals surface area contributed by atoms with E-state index in [2.05, 4.69) is 85.8 Å². The Balaban J connectivity index is 1.53. The number of rotatable bonds is 6. The molecule has 2 aromatic rings. The third-order valence-corrected chi connectivity index (χ3v) is 5.17. The summed E-state index contributed by atoms with van der Waals surface area (Å²) in [5.41, 5.74) is 4.36. The van der Waals surface area contributed by atoms with Crippen molar-refractivity contribution in [2.45, 2.75) is 37.8 Å². The molecule has 0 saturated heterocycles. The number of aryl methyl sites for hydroxylation is 1. The maximum absolute atomic E-state index is 3.78. The van der Waals surface area contributed by atoms with Gasteiger partial charge in [0.2, 0.25) is 0 Å². The van der Waals surface area contributed by atoms with Gasteiger partial charge in [0.25, 0.3) is 0 Å². The third kappa shape index (κ3) is 3.82. The lowest BCUT2D eigenvalue weighted by atomic mass is 9.74. The molecule has 0 bridgehead atoms. The first-order valence-corrected chi connectivity index (χ1v) is 8.65. The zero-order valence-electron chi connectivity index (χ0n) is 14.5. The first kappa shape index (κ1) is 16.2. The Hall–Kier alpha value is -1.64. The average molecular weight is 308 g/mol. The van der Waals surface area contributed by atoms with E-state index < -0.39 is 0 Å². The van der Waals surface area contributed by atoms with Gasteiger partial charge in [-0.2, -0.15) is 0 Å². The largest absolute Gasteiger partial charge is 0.312 e. The molecule has 2 nitrogen and oxygen atoms in total. The van der Waals surface area contributed by atoms with Gasteiger partial charge in [-0.15, -0.1) is 0 Å². The molecule has 1 N–H and O–H groups in total. The molecule has 1 atom stereocenters. The molecule has 1 saturated carbocycles. The van der Waals surface area contributed by atoms with E-state index in [1.807, 2.05) is 0 Å². The van der Waals surface area contributed by atoms with Crippen LogP contribution >= 0.6 is 0 Å². The molecule has 0 heterocycles. The Morgan fingerprint density at radius 3 is 2.30 bits per heavy atom. The van der Waals surface area contributed by atoms with Crippen molar-refractivity contribution in [2.24, 2.45) is 0 Å². The van der Waals surface area contributed by atoms with Crippen LogP contribution in [0.1, 0.15) is 41.5 Å². The normalized spacial score (nSPS) is 21.9. The van der Waals surface area contributed by atoms with Gasteiger partial charge < -0.3 is 10.2 Å². The Bertz CT molecular complexity index is 615. The van der Waals surface area contributed by atoms with Crippen LogP contribution in [0.3, 0.4) is 0 Å². The predicted molar refractivity (Wildman–Crippen MR) is 97.8 cm³/mol. The van der Waals surface area contributed by atoms with Gasteiger partial charge in [0.05, 0.1) is 0 Å². The van der Waals surface area contributed by atoms with Crippen molar-refractivity contribution in [1.82, 2.24) is 10.2 Å². The molecular formula is C21H28N2. The fourth-order valence-corrected chi connectivity index (χ4v) is 3.64. The standard InChI is InChI=1S/C21H28N2/c1-16-9-7-8-12-20(16)18-13-19(14-18)22-15-21(23(2)3)17-10-5-4-6-11-17/h4-12,18-19,21-22H,13-15H2,1-3H3/t18?,19?,21-/m0/s1. The van der Waals surface area contributed by atoms with Gasteiger partial charge in [-0.1, -0.05) is 54.6 Å². The van der Waals surface area contributed by atoms with E-state index in [4.69, 9.17) is 0 Å². The van der Waals surface area contributed by atoms with Crippen molar-refractivity contribution in [2.75, 3.05) is 20.6 Å². The predicted octanol–water partition coefficient (Wildman–Crippen LogP) is 4.13. The minimum Gasteiger partial charge on any atom is -0.312 e. The van der Waals surface area contributed by atoms with Crippen molar-refractivity contribution in [3.63, 3.8) is 0 Å². The van der Waals surface area contributed by atoms with E-state index >= 15 is 0 Å². The Morgan fingerprint density at radius 1 is 1.00 bits per heavy atom. The van der Waals surface area contributed by atoms with Crippen LogP contribution in [0.2, 0.25) is 0 Å². The van der Waals surface area contributed by atoms with Crippen molar-refractivity contribution >= 4 is 0 Å². The zero-order valence-corrected chi connectivity index (χ0v) is 14.5. The second kappa shape index (κ2) is 7.29. The Kier molecular flexibility index (Phi) is 5.14. The van der Waals surface area contributed by atoms with Gasteiger partial charge in [-0.05, 0) is 56.5 Å². The smallest absolute Gasteiger partial charge is 0.0466 e. The van der Waals surface area contributed by atoms with Crippen LogP contribution in [-0.2, 0) is 0 Å². The zero-order chi connectivity index (χ0) is 16.2. The van der Waals surface area contributed by atoms with Gasteiger partial charge in [0, 0.05) is 18.6 Å². The van der Waals surface area contributed by atoms with Crippen molar-refractivity contribution < 1.29 is 0 Å². The van der Waals surface area contributed by atoms with E-state index in [1.165, 1.54) is 29.5 Å². The van der Waals surface area contributed by atoms with Crippen LogP contribution < -0.4 is 5.32 Å². The lowest BCUT2D eigenvalue weighted by Gasteiger charge is -2.38. The lowest BCUT2D eigenvalue weighted by Crippen LogP contribution is -2.43. The molecule has 0 aliphatic heterocycles. The number of hydrogen-bond acceptors (Lipinski definition) is 2. The first-order valence-electron chi connectivity index (χ1n) is 8.65. The summed E-state index contributed by atoms with van der Waals surface area (Å²) in [4.78, 5) is 2.31. The molecule has 1 aliphatic carbocycles. The van der Waals surface area contributed by atoms with E-state index in [1.54, 1.807) is 0 Å². The topological polar surface area (TPSA) is 15.3 Å².